The molecular weight excluding hydrogens is 226 g/mol. The van der Waals surface area contributed by atoms with Crippen molar-refractivity contribution < 1.29 is 19.1 Å². The van der Waals surface area contributed by atoms with Gasteiger partial charge in [-0.3, -0.25) is 10.1 Å². The van der Waals surface area contributed by atoms with Gasteiger partial charge in [-0.2, -0.15) is 0 Å². The monoisotopic (exact) mass is 239 g/mol. The normalized spacial score (nSPS) is 9.59. The van der Waals surface area contributed by atoms with Crippen molar-refractivity contribution in [3.63, 3.8) is 0 Å². The molecule has 0 saturated carbocycles. The van der Waals surface area contributed by atoms with Gasteiger partial charge in [-0.15, -0.1) is 0 Å². The van der Waals surface area contributed by atoms with Crippen LogP contribution in [-0.2, 0) is 0 Å². The van der Waals surface area contributed by atoms with Crippen LogP contribution in [0, 0.1) is 10.1 Å². The highest BCUT2D eigenvalue weighted by atomic mass is 16.6. The lowest BCUT2D eigenvalue weighted by Gasteiger charge is -2.12. The molecule has 6 nitrogen and oxygen atoms in total. The van der Waals surface area contributed by atoms with Crippen molar-refractivity contribution in [3.8, 4) is 17.2 Å². The number of nitrogens with zero attached hydrogens (tertiary/aromatic N) is 1. The summed E-state index contributed by atoms with van der Waals surface area (Å²) in [6.45, 7) is 3.38. The van der Waals surface area contributed by atoms with Crippen molar-refractivity contribution in [2.75, 3.05) is 21.3 Å². The van der Waals surface area contributed by atoms with Crippen LogP contribution in [0.5, 0.6) is 17.2 Å². The molecule has 92 valence electrons. The minimum absolute atomic E-state index is 0.232. The summed E-state index contributed by atoms with van der Waals surface area (Å²) in [5.41, 5.74) is 0.0775. The fraction of sp³-hybridized carbons (Fsp3) is 0.273. The van der Waals surface area contributed by atoms with Gasteiger partial charge in [0.05, 0.1) is 31.8 Å². The minimum atomic E-state index is -0.569. The molecule has 0 aromatic heterocycles. The minimum Gasteiger partial charge on any atom is -0.493 e. The van der Waals surface area contributed by atoms with E-state index in [1.165, 1.54) is 33.5 Å². The molecule has 0 unspecified atom stereocenters. The molecular formula is C11H13NO5. The Morgan fingerprint density at radius 3 is 1.94 bits per heavy atom. The van der Waals surface area contributed by atoms with Crippen molar-refractivity contribution >= 4 is 5.70 Å². The van der Waals surface area contributed by atoms with Gasteiger partial charge in [0.15, 0.2) is 11.5 Å². The number of benzene rings is 1. The first-order valence-corrected chi connectivity index (χ1v) is 4.68. The summed E-state index contributed by atoms with van der Waals surface area (Å²) in [6, 6.07) is 2.96. The lowest BCUT2D eigenvalue weighted by Crippen LogP contribution is -2.00. The van der Waals surface area contributed by atoms with Crippen LogP contribution in [0.15, 0.2) is 18.7 Å². The van der Waals surface area contributed by atoms with Crippen LogP contribution in [0.1, 0.15) is 5.56 Å². The van der Waals surface area contributed by atoms with E-state index in [2.05, 4.69) is 6.58 Å². The number of ether oxygens (including phenoxy) is 3. The average molecular weight is 239 g/mol. The second-order valence-corrected chi connectivity index (χ2v) is 3.12. The van der Waals surface area contributed by atoms with Crippen molar-refractivity contribution in [2.24, 2.45) is 0 Å². The van der Waals surface area contributed by atoms with Gasteiger partial charge in [-0.05, 0) is 18.7 Å². The highest BCUT2D eigenvalue weighted by molar-refractivity contribution is 5.65. The van der Waals surface area contributed by atoms with Crippen LogP contribution in [-0.4, -0.2) is 26.3 Å². The topological polar surface area (TPSA) is 70.8 Å². The van der Waals surface area contributed by atoms with E-state index >= 15 is 0 Å². The molecule has 0 amide bonds. The Labute approximate surface area is 98.6 Å². The van der Waals surface area contributed by atoms with Gasteiger partial charge >= 0.3 is 0 Å². The Hall–Kier alpha value is -2.24. The van der Waals surface area contributed by atoms with Crippen molar-refractivity contribution in [1.82, 2.24) is 0 Å². The van der Waals surface area contributed by atoms with Gasteiger partial charge in [0.25, 0.3) is 5.70 Å². The zero-order valence-corrected chi connectivity index (χ0v) is 9.85. The van der Waals surface area contributed by atoms with Gasteiger partial charge < -0.3 is 14.2 Å². The first-order valence-electron chi connectivity index (χ1n) is 4.68. The van der Waals surface area contributed by atoms with Gasteiger partial charge in [-0.25, -0.2) is 0 Å². The summed E-state index contributed by atoms with van der Waals surface area (Å²) in [4.78, 5) is 10.1. The van der Waals surface area contributed by atoms with Crippen LogP contribution in [0.25, 0.3) is 5.70 Å². The van der Waals surface area contributed by atoms with Crippen molar-refractivity contribution in [3.05, 3.63) is 34.4 Å². The van der Waals surface area contributed by atoms with E-state index in [0.29, 0.717) is 22.8 Å². The van der Waals surface area contributed by atoms with Gasteiger partial charge in [0.2, 0.25) is 5.75 Å². The second kappa shape index (κ2) is 5.20. The van der Waals surface area contributed by atoms with E-state index in [9.17, 15) is 10.1 Å². The predicted molar refractivity (Wildman–Crippen MR) is 62.1 cm³/mol. The molecule has 17 heavy (non-hydrogen) atoms. The fourth-order valence-electron chi connectivity index (χ4n) is 1.35. The molecule has 0 atom stereocenters. The lowest BCUT2D eigenvalue weighted by molar-refractivity contribution is -0.375. The summed E-state index contributed by atoms with van der Waals surface area (Å²) >= 11 is 0. The first kappa shape index (κ1) is 12.8. The predicted octanol–water partition coefficient (Wildman–Crippen LogP) is 1.96. The number of rotatable bonds is 5. The molecule has 6 heteroatoms. The fourth-order valence-corrected chi connectivity index (χ4v) is 1.35. The van der Waals surface area contributed by atoms with Gasteiger partial charge in [0, 0.05) is 0 Å². The van der Waals surface area contributed by atoms with E-state index in [1.54, 1.807) is 0 Å². The molecule has 1 aromatic rings. The van der Waals surface area contributed by atoms with Gasteiger partial charge in [-0.1, -0.05) is 0 Å². The summed E-state index contributed by atoms with van der Waals surface area (Å²) < 4.78 is 15.3. The highest BCUT2D eigenvalue weighted by Gasteiger charge is 2.18. The molecule has 0 aliphatic rings. The lowest BCUT2D eigenvalue weighted by atomic mass is 10.1. The third kappa shape index (κ3) is 2.47. The van der Waals surface area contributed by atoms with Crippen LogP contribution >= 0.6 is 0 Å². The molecule has 0 aliphatic heterocycles. The molecule has 0 radical (unpaired) electrons. The van der Waals surface area contributed by atoms with Crippen LogP contribution in [0.4, 0.5) is 0 Å². The maximum absolute atomic E-state index is 10.6. The SMILES string of the molecule is C=C(c1cc(OC)c(OC)c(OC)c1)[N+](=O)[O-]. The zero-order chi connectivity index (χ0) is 13.0. The number of hydrogen-bond acceptors (Lipinski definition) is 5. The van der Waals surface area contributed by atoms with E-state index in [-0.39, 0.29) is 5.70 Å². The largest absolute Gasteiger partial charge is 0.493 e. The molecule has 0 heterocycles. The third-order valence-electron chi connectivity index (χ3n) is 2.22. The molecule has 0 N–H and O–H groups in total. The average Bonchev–Trinajstić information content (AvgIpc) is 2.35. The molecule has 0 aliphatic carbocycles. The second-order valence-electron chi connectivity index (χ2n) is 3.12. The Kier molecular flexibility index (Phi) is 3.92. The van der Waals surface area contributed by atoms with E-state index < -0.39 is 4.92 Å². The van der Waals surface area contributed by atoms with Gasteiger partial charge in [0.1, 0.15) is 0 Å². The van der Waals surface area contributed by atoms with E-state index in [4.69, 9.17) is 14.2 Å². The zero-order valence-electron chi connectivity index (χ0n) is 9.85. The summed E-state index contributed by atoms with van der Waals surface area (Å²) in [7, 11) is 4.34. The summed E-state index contributed by atoms with van der Waals surface area (Å²) in [5, 5.41) is 10.6. The van der Waals surface area contributed by atoms with Crippen molar-refractivity contribution in [2.45, 2.75) is 0 Å². The van der Waals surface area contributed by atoms with Crippen LogP contribution in [0.3, 0.4) is 0 Å². The van der Waals surface area contributed by atoms with E-state index in [1.807, 2.05) is 0 Å². The van der Waals surface area contributed by atoms with Crippen LogP contribution in [0.2, 0.25) is 0 Å². The Bertz CT molecular complexity index is 430. The maximum Gasteiger partial charge on any atom is 0.269 e. The summed E-state index contributed by atoms with van der Waals surface area (Å²) in [6.07, 6.45) is 0. The van der Waals surface area contributed by atoms with Crippen molar-refractivity contribution in [1.29, 1.82) is 0 Å². The Morgan fingerprint density at radius 1 is 1.18 bits per heavy atom. The number of methoxy groups -OCH3 is 3. The number of hydrogen-bond donors (Lipinski definition) is 0. The maximum atomic E-state index is 10.6. The molecule has 1 aromatic carbocycles. The van der Waals surface area contributed by atoms with E-state index in [0.717, 1.165) is 0 Å². The molecule has 0 saturated heterocycles. The molecule has 0 bridgehead atoms. The number of nitro groups is 1. The van der Waals surface area contributed by atoms with Crippen LogP contribution < -0.4 is 14.2 Å². The smallest absolute Gasteiger partial charge is 0.269 e. The third-order valence-corrected chi connectivity index (χ3v) is 2.22. The standard InChI is InChI=1S/C11H13NO5/c1-7(12(13)14)8-5-9(15-2)11(17-4)10(6-8)16-3/h5-6H,1H2,2-4H3. The molecule has 1 rings (SSSR count). The summed E-state index contributed by atoms with van der Waals surface area (Å²) in [5.74, 6) is 1.09. The first-order chi connectivity index (χ1) is 8.04. The quantitative estimate of drug-likeness (QED) is 0.580. The Morgan fingerprint density at radius 2 is 1.65 bits per heavy atom. The highest BCUT2D eigenvalue weighted by Crippen LogP contribution is 2.39. The molecule has 0 spiro atoms. The molecule has 0 fully saturated rings. The Balaban J connectivity index is 3.37.